The summed E-state index contributed by atoms with van der Waals surface area (Å²) in [5.74, 6) is -0.784. The van der Waals surface area contributed by atoms with Gasteiger partial charge >= 0.3 is 0 Å². The molecule has 4 rings (SSSR count). The zero-order valence-corrected chi connectivity index (χ0v) is 23.2. The molecule has 1 aromatic heterocycles. The summed E-state index contributed by atoms with van der Waals surface area (Å²) >= 11 is 0. The van der Waals surface area contributed by atoms with Crippen LogP contribution in [-0.2, 0) is 14.4 Å². The van der Waals surface area contributed by atoms with Crippen LogP contribution in [0.15, 0.2) is 66.9 Å². The number of amides is 3. The molecule has 8 heteroatoms. The van der Waals surface area contributed by atoms with Crippen molar-refractivity contribution in [3.8, 4) is 0 Å². The molecule has 1 aliphatic rings. The Balaban J connectivity index is 1.61. The first-order valence-corrected chi connectivity index (χ1v) is 14.0. The lowest BCUT2D eigenvalue weighted by molar-refractivity contribution is -0.127. The topological polar surface area (TPSA) is 91.4 Å². The largest absolute Gasteiger partial charge is 0.351 e. The molecule has 1 heterocycles. The molecule has 0 saturated heterocycles. The SMILES string of the molecule is Cc1ccc(C)c(N(C(=O)CCCC(=O)Nc2ccccn2)[C@H](C(=O)NC2CCCCC2)c2ccc(F)cc2)c1. The number of benzene rings is 2. The van der Waals surface area contributed by atoms with E-state index in [-0.39, 0.29) is 36.6 Å². The Labute approximate surface area is 235 Å². The molecule has 0 aliphatic heterocycles. The van der Waals surface area contributed by atoms with Crippen molar-refractivity contribution in [2.45, 2.75) is 77.3 Å². The van der Waals surface area contributed by atoms with Gasteiger partial charge in [-0.25, -0.2) is 9.37 Å². The average molecular weight is 545 g/mol. The summed E-state index contributed by atoms with van der Waals surface area (Å²) in [4.78, 5) is 46.0. The third kappa shape index (κ3) is 7.74. The van der Waals surface area contributed by atoms with Crippen LogP contribution in [0.4, 0.5) is 15.9 Å². The Hall–Kier alpha value is -4.07. The Kier molecular flexibility index (Phi) is 10.00. The summed E-state index contributed by atoms with van der Waals surface area (Å²) < 4.78 is 13.9. The summed E-state index contributed by atoms with van der Waals surface area (Å²) in [6.45, 7) is 3.83. The smallest absolute Gasteiger partial charge is 0.248 e. The summed E-state index contributed by atoms with van der Waals surface area (Å²) in [7, 11) is 0. The minimum atomic E-state index is -0.988. The third-order valence-electron chi connectivity index (χ3n) is 7.26. The summed E-state index contributed by atoms with van der Waals surface area (Å²) in [6, 6.07) is 15.8. The van der Waals surface area contributed by atoms with E-state index in [0.29, 0.717) is 23.5 Å². The van der Waals surface area contributed by atoms with E-state index in [2.05, 4.69) is 15.6 Å². The number of aromatic nitrogens is 1. The summed E-state index contributed by atoms with van der Waals surface area (Å²) in [5.41, 5.74) is 2.93. The van der Waals surface area contributed by atoms with E-state index < -0.39 is 11.9 Å². The molecule has 40 heavy (non-hydrogen) atoms. The molecule has 1 fully saturated rings. The highest BCUT2D eigenvalue weighted by molar-refractivity contribution is 6.02. The van der Waals surface area contributed by atoms with Crippen molar-refractivity contribution in [1.82, 2.24) is 10.3 Å². The maximum absolute atomic E-state index is 14.0. The third-order valence-corrected chi connectivity index (χ3v) is 7.26. The molecule has 0 bridgehead atoms. The number of hydrogen-bond donors (Lipinski definition) is 2. The lowest BCUT2D eigenvalue weighted by Crippen LogP contribution is -2.47. The quantitative estimate of drug-likeness (QED) is 0.319. The van der Waals surface area contributed by atoms with Gasteiger partial charge in [0, 0.05) is 30.8 Å². The Morgan fingerprint density at radius 1 is 0.975 bits per heavy atom. The van der Waals surface area contributed by atoms with Gasteiger partial charge in [0.2, 0.25) is 17.7 Å². The second-order valence-electron chi connectivity index (χ2n) is 10.5. The van der Waals surface area contributed by atoms with Crippen LogP contribution in [0.5, 0.6) is 0 Å². The highest BCUT2D eigenvalue weighted by Gasteiger charge is 2.34. The number of carbonyl (C=O) groups excluding carboxylic acids is 3. The van der Waals surface area contributed by atoms with E-state index in [9.17, 15) is 18.8 Å². The zero-order valence-electron chi connectivity index (χ0n) is 23.2. The number of hydrogen-bond acceptors (Lipinski definition) is 4. The molecule has 210 valence electrons. The van der Waals surface area contributed by atoms with Gasteiger partial charge in [0.05, 0.1) is 0 Å². The van der Waals surface area contributed by atoms with Crippen LogP contribution in [0.3, 0.4) is 0 Å². The van der Waals surface area contributed by atoms with Gasteiger partial charge in [-0.1, -0.05) is 49.6 Å². The molecule has 2 aromatic carbocycles. The van der Waals surface area contributed by atoms with Gasteiger partial charge < -0.3 is 10.6 Å². The molecule has 1 aliphatic carbocycles. The van der Waals surface area contributed by atoms with Gasteiger partial charge in [-0.3, -0.25) is 19.3 Å². The maximum Gasteiger partial charge on any atom is 0.248 e. The van der Waals surface area contributed by atoms with Gasteiger partial charge in [-0.15, -0.1) is 0 Å². The number of nitrogens with zero attached hydrogens (tertiary/aromatic N) is 2. The molecular formula is C32H37FN4O3. The lowest BCUT2D eigenvalue weighted by atomic mass is 9.94. The summed E-state index contributed by atoms with van der Waals surface area (Å²) in [6.07, 6.45) is 7.09. The van der Waals surface area contributed by atoms with E-state index >= 15 is 0 Å². The first-order valence-electron chi connectivity index (χ1n) is 14.0. The number of pyridine rings is 1. The fourth-order valence-corrected chi connectivity index (χ4v) is 5.15. The van der Waals surface area contributed by atoms with Crippen molar-refractivity contribution in [3.63, 3.8) is 0 Å². The predicted molar refractivity (Wildman–Crippen MR) is 154 cm³/mol. The monoisotopic (exact) mass is 544 g/mol. The zero-order chi connectivity index (χ0) is 28.5. The van der Waals surface area contributed by atoms with E-state index in [1.165, 1.54) is 17.0 Å². The number of nitrogens with one attached hydrogen (secondary N) is 2. The average Bonchev–Trinajstić information content (AvgIpc) is 2.95. The van der Waals surface area contributed by atoms with Crippen molar-refractivity contribution in [1.29, 1.82) is 0 Å². The van der Waals surface area contributed by atoms with Crippen LogP contribution in [-0.4, -0.2) is 28.7 Å². The van der Waals surface area contributed by atoms with Gasteiger partial charge in [0.1, 0.15) is 17.7 Å². The second kappa shape index (κ2) is 13.8. The van der Waals surface area contributed by atoms with Crippen molar-refractivity contribution >= 4 is 29.2 Å². The molecule has 0 radical (unpaired) electrons. The van der Waals surface area contributed by atoms with Gasteiger partial charge in [0.25, 0.3) is 0 Å². The Morgan fingerprint density at radius 2 is 1.73 bits per heavy atom. The maximum atomic E-state index is 14.0. The molecule has 1 saturated carbocycles. The van der Waals surface area contributed by atoms with E-state index in [1.54, 1.807) is 36.5 Å². The molecular weight excluding hydrogens is 507 g/mol. The number of carbonyl (C=O) groups is 3. The van der Waals surface area contributed by atoms with Crippen LogP contribution in [0, 0.1) is 19.7 Å². The van der Waals surface area contributed by atoms with Crippen molar-refractivity contribution in [2.24, 2.45) is 0 Å². The molecule has 0 unspecified atom stereocenters. The van der Waals surface area contributed by atoms with Gasteiger partial charge in [-0.2, -0.15) is 0 Å². The van der Waals surface area contributed by atoms with Crippen LogP contribution in [0.1, 0.15) is 74.1 Å². The fraction of sp³-hybridized carbons (Fsp3) is 0.375. The second-order valence-corrected chi connectivity index (χ2v) is 10.5. The van der Waals surface area contributed by atoms with Crippen LogP contribution >= 0.6 is 0 Å². The van der Waals surface area contributed by atoms with Gasteiger partial charge in [-0.05, 0) is 80.1 Å². The van der Waals surface area contributed by atoms with Gasteiger partial charge in [0.15, 0.2) is 0 Å². The summed E-state index contributed by atoms with van der Waals surface area (Å²) in [5, 5.41) is 5.91. The molecule has 0 spiro atoms. The predicted octanol–water partition coefficient (Wildman–Crippen LogP) is 6.17. The van der Waals surface area contributed by atoms with Crippen LogP contribution in [0.25, 0.3) is 0 Å². The minimum Gasteiger partial charge on any atom is -0.351 e. The molecule has 1 atom stereocenters. The van der Waals surface area contributed by atoms with Crippen molar-refractivity contribution in [2.75, 3.05) is 10.2 Å². The Morgan fingerprint density at radius 3 is 2.42 bits per heavy atom. The Bertz CT molecular complexity index is 1310. The van der Waals surface area contributed by atoms with Crippen LogP contribution < -0.4 is 15.5 Å². The van der Waals surface area contributed by atoms with Crippen LogP contribution in [0.2, 0.25) is 0 Å². The fourth-order valence-electron chi connectivity index (χ4n) is 5.15. The standard InChI is InChI=1S/C32H37FN4O3/c1-22-14-15-23(2)27(21-22)37(30(39)13-8-12-29(38)36-28-11-6-7-20-34-28)31(24-16-18-25(33)19-17-24)32(40)35-26-9-4-3-5-10-26/h6-7,11,14-21,26,31H,3-5,8-10,12-13H2,1-2H3,(H,35,40)(H,34,36,38)/t31-/m0/s1. The normalized spacial score (nSPS) is 14.3. The molecule has 2 N–H and O–H groups in total. The highest BCUT2D eigenvalue weighted by Crippen LogP contribution is 2.33. The van der Waals surface area contributed by atoms with E-state index in [4.69, 9.17) is 0 Å². The molecule has 3 aromatic rings. The number of halogens is 1. The number of aryl methyl sites for hydroxylation is 2. The van der Waals surface area contributed by atoms with E-state index in [0.717, 1.165) is 43.2 Å². The first kappa shape index (κ1) is 28.9. The molecule has 3 amide bonds. The van der Waals surface area contributed by atoms with E-state index in [1.807, 2.05) is 32.0 Å². The number of rotatable bonds is 10. The van der Waals surface area contributed by atoms with Crippen molar-refractivity contribution < 1.29 is 18.8 Å². The highest BCUT2D eigenvalue weighted by atomic mass is 19.1. The first-order chi connectivity index (χ1) is 19.3. The minimum absolute atomic E-state index is 0.0371. The van der Waals surface area contributed by atoms with Crippen molar-refractivity contribution in [3.05, 3.63) is 89.4 Å². The number of anilines is 2. The molecule has 7 nitrogen and oxygen atoms in total. The lowest BCUT2D eigenvalue weighted by Gasteiger charge is -2.34.